The fourth-order valence-corrected chi connectivity index (χ4v) is 2.02. The molecule has 0 aliphatic carbocycles. The van der Waals surface area contributed by atoms with Crippen LogP contribution in [-0.4, -0.2) is 18.3 Å². The van der Waals surface area contributed by atoms with E-state index in [2.05, 4.69) is 15.9 Å². The number of hydrogen-bond donors (Lipinski definition) is 1. The molecule has 0 spiro atoms. The van der Waals surface area contributed by atoms with E-state index in [0.717, 1.165) is 10.2 Å². The molecule has 0 amide bonds. The zero-order valence-corrected chi connectivity index (χ0v) is 10.1. The van der Waals surface area contributed by atoms with E-state index in [0.29, 0.717) is 6.61 Å². The van der Waals surface area contributed by atoms with Gasteiger partial charge in [0.2, 0.25) is 0 Å². The van der Waals surface area contributed by atoms with Crippen molar-refractivity contribution in [2.45, 2.75) is 13.8 Å². The summed E-state index contributed by atoms with van der Waals surface area (Å²) in [5.41, 5.74) is -0.179. The van der Waals surface area contributed by atoms with Crippen molar-refractivity contribution < 1.29 is 9.84 Å². The summed E-state index contributed by atoms with van der Waals surface area (Å²) in [6.45, 7) is 4.59. The third-order valence-corrected chi connectivity index (χ3v) is 3.27. The van der Waals surface area contributed by atoms with Crippen molar-refractivity contribution in [3.8, 4) is 5.75 Å². The second kappa shape index (κ2) is 4.44. The largest absolute Gasteiger partial charge is 0.491 e. The molecule has 0 aromatic carbocycles. The van der Waals surface area contributed by atoms with Gasteiger partial charge in [0.05, 0.1) is 17.7 Å². The van der Waals surface area contributed by atoms with Crippen LogP contribution in [0.25, 0.3) is 0 Å². The van der Waals surface area contributed by atoms with E-state index in [1.807, 2.05) is 24.6 Å². The summed E-state index contributed by atoms with van der Waals surface area (Å²) in [6, 6.07) is 0. The van der Waals surface area contributed by atoms with Crippen LogP contribution >= 0.6 is 27.3 Å². The molecule has 0 aliphatic rings. The molecule has 1 aromatic heterocycles. The Hall–Kier alpha value is -0.0600. The predicted octanol–water partition coefficient (Wildman–Crippen LogP) is 2.91. The van der Waals surface area contributed by atoms with Crippen molar-refractivity contribution in [3.63, 3.8) is 0 Å². The first-order chi connectivity index (χ1) is 6.05. The van der Waals surface area contributed by atoms with Crippen molar-refractivity contribution in [3.05, 3.63) is 15.2 Å². The van der Waals surface area contributed by atoms with Crippen LogP contribution in [0.5, 0.6) is 5.75 Å². The minimum absolute atomic E-state index is 0.134. The van der Waals surface area contributed by atoms with Crippen LogP contribution in [0.4, 0.5) is 0 Å². The van der Waals surface area contributed by atoms with Gasteiger partial charge in [-0.15, -0.1) is 11.3 Å². The van der Waals surface area contributed by atoms with Crippen LogP contribution in [0.15, 0.2) is 15.2 Å². The molecule has 1 rings (SSSR count). The SMILES string of the molecule is CC(C)(CO)COc1cscc1Br. The second-order valence-corrected chi connectivity index (χ2v) is 5.29. The molecule has 0 saturated heterocycles. The van der Waals surface area contributed by atoms with Gasteiger partial charge < -0.3 is 9.84 Å². The van der Waals surface area contributed by atoms with Gasteiger partial charge in [-0.25, -0.2) is 0 Å². The average molecular weight is 265 g/mol. The Morgan fingerprint density at radius 1 is 1.54 bits per heavy atom. The maximum absolute atomic E-state index is 9.00. The average Bonchev–Trinajstić information content (AvgIpc) is 2.48. The van der Waals surface area contributed by atoms with Gasteiger partial charge in [-0.2, -0.15) is 0 Å². The van der Waals surface area contributed by atoms with E-state index in [9.17, 15) is 0 Å². The van der Waals surface area contributed by atoms with Crippen LogP contribution in [0.2, 0.25) is 0 Å². The standard InChI is InChI=1S/C9H13BrO2S/c1-9(2,5-11)6-12-8-4-13-3-7(8)10/h3-4,11H,5-6H2,1-2H3. The van der Waals surface area contributed by atoms with Crippen LogP contribution < -0.4 is 4.74 Å². The number of hydrogen-bond acceptors (Lipinski definition) is 3. The summed E-state index contributed by atoms with van der Waals surface area (Å²) < 4.78 is 6.51. The lowest BCUT2D eigenvalue weighted by Crippen LogP contribution is -2.25. The van der Waals surface area contributed by atoms with Crippen molar-refractivity contribution in [1.29, 1.82) is 0 Å². The quantitative estimate of drug-likeness (QED) is 0.907. The van der Waals surface area contributed by atoms with E-state index in [1.54, 1.807) is 11.3 Å². The highest BCUT2D eigenvalue weighted by Crippen LogP contribution is 2.30. The van der Waals surface area contributed by atoms with Crippen LogP contribution in [-0.2, 0) is 0 Å². The Balaban J connectivity index is 2.48. The van der Waals surface area contributed by atoms with Gasteiger partial charge >= 0.3 is 0 Å². The Labute approximate surface area is 90.7 Å². The van der Waals surface area contributed by atoms with E-state index in [4.69, 9.17) is 9.84 Å². The molecule has 0 unspecified atom stereocenters. The lowest BCUT2D eigenvalue weighted by molar-refractivity contribution is 0.0974. The molecule has 0 fully saturated rings. The summed E-state index contributed by atoms with van der Waals surface area (Å²) in [5.74, 6) is 0.853. The lowest BCUT2D eigenvalue weighted by atomic mass is 9.97. The maximum atomic E-state index is 9.00. The number of ether oxygens (including phenoxy) is 1. The normalized spacial score (nSPS) is 11.7. The minimum Gasteiger partial charge on any atom is -0.491 e. The van der Waals surface area contributed by atoms with Crippen LogP contribution in [0, 0.1) is 5.41 Å². The summed E-state index contributed by atoms with van der Waals surface area (Å²) in [7, 11) is 0. The van der Waals surface area contributed by atoms with E-state index in [1.165, 1.54) is 0 Å². The first-order valence-electron chi connectivity index (χ1n) is 4.00. The zero-order valence-electron chi connectivity index (χ0n) is 7.71. The molecule has 0 radical (unpaired) electrons. The lowest BCUT2D eigenvalue weighted by Gasteiger charge is -2.21. The maximum Gasteiger partial charge on any atom is 0.144 e. The summed E-state index contributed by atoms with van der Waals surface area (Å²) in [4.78, 5) is 0. The van der Waals surface area contributed by atoms with Gasteiger partial charge in [0.25, 0.3) is 0 Å². The number of rotatable bonds is 4. The van der Waals surface area contributed by atoms with Crippen molar-refractivity contribution in [1.82, 2.24) is 0 Å². The van der Waals surface area contributed by atoms with Gasteiger partial charge in [-0.05, 0) is 15.9 Å². The third-order valence-electron chi connectivity index (χ3n) is 1.63. The molecule has 0 bridgehead atoms. The zero-order chi connectivity index (χ0) is 9.90. The smallest absolute Gasteiger partial charge is 0.144 e. The number of thiophene rings is 1. The molecular formula is C9H13BrO2S. The molecular weight excluding hydrogens is 252 g/mol. The fraction of sp³-hybridized carbons (Fsp3) is 0.556. The minimum atomic E-state index is -0.179. The second-order valence-electron chi connectivity index (χ2n) is 3.69. The van der Waals surface area contributed by atoms with Crippen LogP contribution in [0.3, 0.4) is 0 Å². The topological polar surface area (TPSA) is 29.5 Å². The van der Waals surface area contributed by atoms with Crippen molar-refractivity contribution in [2.75, 3.05) is 13.2 Å². The van der Waals surface area contributed by atoms with Crippen molar-refractivity contribution >= 4 is 27.3 Å². The fourth-order valence-electron chi connectivity index (χ4n) is 0.692. The third kappa shape index (κ3) is 3.29. The summed E-state index contributed by atoms with van der Waals surface area (Å²) in [6.07, 6.45) is 0. The highest BCUT2D eigenvalue weighted by atomic mass is 79.9. The molecule has 1 heterocycles. The molecule has 74 valence electrons. The molecule has 1 N–H and O–H groups in total. The Morgan fingerprint density at radius 3 is 2.69 bits per heavy atom. The molecule has 1 aromatic rings. The summed E-state index contributed by atoms with van der Waals surface area (Å²) >= 11 is 4.97. The van der Waals surface area contributed by atoms with Gasteiger partial charge in [-0.3, -0.25) is 0 Å². The van der Waals surface area contributed by atoms with E-state index >= 15 is 0 Å². The first-order valence-corrected chi connectivity index (χ1v) is 5.74. The van der Waals surface area contributed by atoms with Gasteiger partial charge in [0.1, 0.15) is 5.75 Å². The van der Waals surface area contributed by atoms with E-state index in [-0.39, 0.29) is 12.0 Å². The number of aliphatic hydroxyl groups is 1. The molecule has 0 atom stereocenters. The molecule has 13 heavy (non-hydrogen) atoms. The highest BCUT2D eigenvalue weighted by Gasteiger charge is 2.18. The Morgan fingerprint density at radius 2 is 2.23 bits per heavy atom. The monoisotopic (exact) mass is 264 g/mol. The molecule has 0 saturated carbocycles. The van der Waals surface area contributed by atoms with Gasteiger partial charge in [0.15, 0.2) is 0 Å². The first kappa shape index (κ1) is 11.0. The predicted molar refractivity (Wildman–Crippen MR) is 58.4 cm³/mol. The van der Waals surface area contributed by atoms with Crippen LogP contribution in [0.1, 0.15) is 13.8 Å². The molecule has 2 nitrogen and oxygen atoms in total. The highest BCUT2D eigenvalue weighted by molar-refractivity contribution is 9.10. The Bertz CT molecular complexity index is 270. The van der Waals surface area contributed by atoms with Crippen molar-refractivity contribution in [2.24, 2.45) is 5.41 Å². The number of halogens is 1. The Kier molecular flexibility index (Phi) is 3.76. The summed E-state index contributed by atoms with van der Waals surface area (Å²) in [5, 5.41) is 12.9. The molecule has 4 heteroatoms. The van der Waals surface area contributed by atoms with Gasteiger partial charge in [0, 0.05) is 16.2 Å². The number of aliphatic hydroxyl groups excluding tert-OH is 1. The van der Waals surface area contributed by atoms with Gasteiger partial charge in [-0.1, -0.05) is 13.8 Å². The molecule has 0 aliphatic heterocycles. The van der Waals surface area contributed by atoms with E-state index < -0.39 is 0 Å².